The molecule has 1 aliphatic heterocycles. The normalized spacial score (nSPS) is 14.9. The molecule has 1 aliphatic rings. The number of amides is 1. The van der Waals surface area contributed by atoms with Crippen molar-refractivity contribution in [2.24, 2.45) is 0 Å². The average molecular weight is 420 g/mol. The highest BCUT2D eigenvalue weighted by Gasteiger charge is 2.24. The molecule has 0 spiro atoms. The summed E-state index contributed by atoms with van der Waals surface area (Å²) in [6, 6.07) is 13.8. The zero-order valence-corrected chi connectivity index (χ0v) is 17.2. The van der Waals surface area contributed by atoms with Gasteiger partial charge in [-0.2, -0.15) is 5.10 Å². The Bertz CT molecular complexity index is 1110. The van der Waals surface area contributed by atoms with Gasteiger partial charge in [-0.25, -0.2) is 9.67 Å². The van der Waals surface area contributed by atoms with E-state index in [0.717, 1.165) is 30.3 Å². The van der Waals surface area contributed by atoms with Crippen LogP contribution >= 0.6 is 11.3 Å². The van der Waals surface area contributed by atoms with E-state index in [2.05, 4.69) is 21.2 Å². The van der Waals surface area contributed by atoms with Gasteiger partial charge in [-0.3, -0.25) is 9.69 Å². The van der Waals surface area contributed by atoms with Crippen LogP contribution < -0.4 is 0 Å². The summed E-state index contributed by atoms with van der Waals surface area (Å²) in [5.41, 5.74) is 2.71. The van der Waals surface area contributed by atoms with Crippen molar-refractivity contribution in [3.63, 3.8) is 0 Å². The van der Waals surface area contributed by atoms with Crippen molar-refractivity contribution in [2.45, 2.75) is 6.54 Å². The van der Waals surface area contributed by atoms with E-state index < -0.39 is 0 Å². The van der Waals surface area contributed by atoms with E-state index in [1.54, 1.807) is 6.26 Å². The van der Waals surface area contributed by atoms with Crippen LogP contribution in [0.25, 0.3) is 16.5 Å². The number of aromatic nitrogens is 3. The summed E-state index contributed by atoms with van der Waals surface area (Å²) >= 11 is 1.43. The van der Waals surface area contributed by atoms with E-state index in [1.165, 1.54) is 16.9 Å². The van der Waals surface area contributed by atoms with Crippen LogP contribution in [0.4, 0.5) is 0 Å². The largest absolute Gasteiger partial charge is 0.462 e. The monoisotopic (exact) mass is 419 g/mol. The first-order valence-corrected chi connectivity index (χ1v) is 10.7. The number of hydrogen-bond donors (Lipinski definition) is 0. The molecule has 0 saturated carbocycles. The smallest absolute Gasteiger partial charge is 0.273 e. The number of carbonyl (C=O) groups is 1. The van der Waals surface area contributed by atoms with E-state index in [-0.39, 0.29) is 5.91 Å². The molecule has 4 aromatic rings. The Morgan fingerprint density at radius 1 is 1.07 bits per heavy atom. The Balaban J connectivity index is 1.17. The van der Waals surface area contributed by atoms with E-state index in [4.69, 9.17) is 4.42 Å². The third-order valence-corrected chi connectivity index (χ3v) is 6.03. The van der Waals surface area contributed by atoms with Crippen molar-refractivity contribution in [1.82, 2.24) is 24.6 Å². The first-order chi connectivity index (χ1) is 14.8. The van der Waals surface area contributed by atoms with Crippen LogP contribution in [-0.4, -0.2) is 56.7 Å². The van der Waals surface area contributed by atoms with E-state index in [9.17, 15) is 4.79 Å². The number of para-hydroxylation sites is 1. The lowest BCUT2D eigenvalue weighted by Crippen LogP contribution is -2.48. The molecule has 8 heteroatoms. The molecule has 0 radical (unpaired) electrons. The molecule has 152 valence electrons. The Kier molecular flexibility index (Phi) is 5.17. The fraction of sp³-hybridized carbons (Fsp3) is 0.227. The van der Waals surface area contributed by atoms with Gasteiger partial charge in [0.1, 0.15) is 5.69 Å². The predicted molar refractivity (Wildman–Crippen MR) is 115 cm³/mol. The van der Waals surface area contributed by atoms with Gasteiger partial charge in [-0.15, -0.1) is 11.3 Å². The molecule has 0 N–H and O–H groups in total. The lowest BCUT2D eigenvalue weighted by Gasteiger charge is -2.34. The zero-order valence-electron chi connectivity index (χ0n) is 16.3. The molecule has 0 unspecified atom stereocenters. The van der Waals surface area contributed by atoms with E-state index in [0.29, 0.717) is 24.5 Å². The molecule has 30 heavy (non-hydrogen) atoms. The van der Waals surface area contributed by atoms with Gasteiger partial charge in [-0.1, -0.05) is 18.2 Å². The molecule has 1 aromatic carbocycles. The van der Waals surface area contributed by atoms with Crippen LogP contribution in [0.5, 0.6) is 0 Å². The number of carbonyl (C=O) groups excluding carboxylic acids is 1. The van der Waals surface area contributed by atoms with Gasteiger partial charge < -0.3 is 9.32 Å². The summed E-state index contributed by atoms with van der Waals surface area (Å²) in [5, 5.41) is 7.01. The first-order valence-electron chi connectivity index (χ1n) is 9.86. The summed E-state index contributed by atoms with van der Waals surface area (Å²) < 4.78 is 7.26. The Hall–Kier alpha value is -3.23. The fourth-order valence-corrected chi connectivity index (χ4v) is 4.34. The molecule has 0 atom stereocenters. The number of thiazole rings is 1. The molecule has 4 heterocycles. The standard InChI is InChI=1S/C22H21N5O2S/c28-22(19-16-30-21(24-19)20-7-4-12-29-20)26-10-8-25(9-11-26)14-17-13-23-27(15-17)18-5-2-1-3-6-18/h1-7,12-13,15-16H,8-11,14H2. The van der Waals surface area contributed by atoms with Gasteiger partial charge >= 0.3 is 0 Å². The highest BCUT2D eigenvalue weighted by Crippen LogP contribution is 2.24. The average Bonchev–Trinajstić information content (AvgIpc) is 3.55. The Morgan fingerprint density at radius 3 is 2.67 bits per heavy atom. The van der Waals surface area contributed by atoms with Crippen LogP contribution in [0.2, 0.25) is 0 Å². The third kappa shape index (κ3) is 3.92. The number of furan rings is 1. The Labute approximate surface area is 178 Å². The predicted octanol–water partition coefficient (Wildman–Crippen LogP) is 3.55. The summed E-state index contributed by atoms with van der Waals surface area (Å²) in [5.74, 6) is 0.681. The van der Waals surface area contributed by atoms with Crippen molar-refractivity contribution in [2.75, 3.05) is 26.2 Å². The molecule has 0 bridgehead atoms. The van der Waals surface area contributed by atoms with Gasteiger partial charge in [0.25, 0.3) is 5.91 Å². The van der Waals surface area contributed by atoms with Crippen molar-refractivity contribution in [3.8, 4) is 16.5 Å². The molecule has 1 saturated heterocycles. The second-order valence-electron chi connectivity index (χ2n) is 7.21. The minimum atomic E-state index is -0.0133. The van der Waals surface area contributed by atoms with Crippen molar-refractivity contribution < 1.29 is 9.21 Å². The second-order valence-corrected chi connectivity index (χ2v) is 8.07. The van der Waals surface area contributed by atoms with Crippen molar-refractivity contribution in [3.05, 3.63) is 77.8 Å². The fourth-order valence-electron chi connectivity index (χ4n) is 3.58. The summed E-state index contributed by atoms with van der Waals surface area (Å²) in [4.78, 5) is 21.5. The molecule has 3 aromatic heterocycles. The highest BCUT2D eigenvalue weighted by atomic mass is 32.1. The first kappa shape index (κ1) is 18.8. The van der Waals surface area contributed by atoms with Crippen LogP contribution in [0.3, 0.4) is 0 Å². The van der Waals surface area contributed by atoms with Crippen molar-refractivity contribution >= 4 is 17.2 Å². The quantitative estimate of drug-likeness (QED) is 0.495. The number of hydrogen-bond acceptors (Lipinski definition) is 6. The summed E-state index contributed by atoms with van der Waals surface area (Å²) in [6.07, 6.45) is 5.59. The van der Waals surface area contributed by atoms with E-state index >= 15 is 0 Å². The van der Waals surface area contributed by atoms with Gasteiger partial charge in [0.05, 0.1) is 18.1 Å². The maximum absolute atomic E-state index is 12.8. The second kappa shape index (κ2) is 8.25. The van der Waals surface area contributed by atoms with Crippen LogP contribution in [0.15, 0.2) is 70.9 Å². The maximum atomic E-state index is 12.8. The number of benzene rings is 1. The highest BCUT2D eigenvalue weighted by molar-refractivity contribution is 7.13. The third-order valence-electron chi connectivity index (χ3n) is 5.18. The van der Waals surface area contributed by atoms with Gasteiger partial charge in [0, 0.05) is 49.9 Å². The van der Waals surface area contributed by atoms with Crippen LogP contribution in [-0.2, 0) is 6.54 Å². The molecular formula is C22H21N5O2S. The van der Waals surface area contributed by atoms with Gasteiger partial charge in [0.15, 0.2) is 10.8 Å². The summed E-state index contributed by atoms with van der Waals surface area (Å²) in [7, 11) is 0. The number of nitrogens with zero attached hydrogens (tertiary/aromatic N) is 5. The van der Waals surface area contributed by atoms with Gasteiger partial charge in [-0.05, 0) is 24.3 Å². The lowest BCUT2D eigenvalue weighted by molar-refractivity contribution is 0.0623. The topological polar surface area (TPSA) is 67.4 Å². The maximum Gasteiger partial charge on any atom is 0.273 e. The number of piperazine rings is 1. The Morgan fingerprint density at radius 2 is 1.90 bits per heavy atom. The molecular weight excluding hydrogens is 398 g/mol. The van der Waals surface area contributed by atoms with E-state index in [1.807, 2.05) is 63.6 Å². The molecule has 7 nitrogen and oxygen atoms in total. The molecule has 1 amide bonds. The lowest BCUT2D eigenvalue weighted by atomic mass is 10.2. The minimum Gasteiger partial charge on any atom is -0.462 e. The van der Waals surface area contributed by atoms with Crippen LogP contribution in [0.1, 0.15) is 16.1 Å². The molecule has 5 rings (SSSR count). The molecule has 0 aliphatic carbocycles. The SMILES string of the molecule is O=C(c1csc(-c2ccco2)n1)N1CCN(Cc2cnn(-c3ccccc3)c2)CC1. The number of rotatable bonds is 5. The zero-order chi connectivity index (χ0) is 20.3. The van der Waals surface area contributed by atoms with Crippen LogP contribution in [0, 0.1) is 0 Å². The summed E-state index contributed by atoms with van der Waals surface area (Å²) in [6.45, 7) is 3.88. The minimum absolute atomic E-state index is 0.0133. The van der Waals surface area contributed by atoms with Gasteiger partial charge in [0.2, 0.25) is 0 Å². The van der Waals surface area contributed by atoms with Crippen molar-refractivity contribution in [1.29, 1.82) is 0 Å². The molecule has 1 fully saturated rings.